The van der Waals surface area contributed by atoms with Crippen LogP contribution in [0.1, 0.15) is 10.7 Å². The van der Waals surface area contributed by atoms with E-state index in [1.165, 1.54) is 4.31 Å². The first-order valence-corrected chi connectivity index (χ1v) is 8.71. The lowest BCUT2D eigenvalue weighted by atomic mass is 10.3. The summed E-state index contributed by atoms with van der Waals surface area (Å²) >= 11 is 7.08. The van der Waals surface area contributed by atoms with Crippen molar-refractivity contribution in [3.05, 3.63) is 16.1 Å². The summed E-state index contributed by atoms with van der Waals surface area (Å²) < 4.78 is 24.6. The number of thiazole rings is 1. The molecule has 0 unspecified atom stereocenters. The summed E-state index contributed by atoms with van der Waals surface area (Å²) in [6.45, 7) is 5.26. The SMILES string of the molecule is Cc1nc(CN2CCN(S(=O)(=O)CCl)CC2)cs1. The molecule has 2 rings (SSSR count). The monoisotopic (exact) mass is 309 g/mol. The van der Waals surface area contributed by atoms with E-state index in [9.17, 15) is 8.42 Å². The largest absolute Gasteiger partial charge is 0.295 e. The maximum absolute atomic E-state index is 11.6. The minimum atomic E-state index is -3.25. The zero-order valence-corrected chi connectivity index (χ0v) is 12.6. The Morgan fingerprint density at radius 2 is 2.06 bits per heavy atom. The highest BCUT2D eigenvalue weighted by atomic mass is 35.5. The fraction of sp³-hybridized carbons (Fsp3) is 0.700. The predicted octanol–water partition coefficient (Wildman–Crippen LogP) is 1.10. The zero-order valence-electron chi connectivity index (χ0n) is 10.2. The third-order valence-corrected chi connectivity index (χ3v) is 5.99. The van der Waals surface area contributed by atoms with Gasteiger partial charge in [-0.15, -0.1) is 22.9 Å². The summed E-state index contributed by atoms with van der Waals surface area (Å²) in [6, 6.07) is 0. The van der Waals surface area contributed by atoms with Gasteiger partial charge in [-0.2, -0.15) is 4.31 Å². The van der Waals surface area contributed by atoms with Crippen molar-refractivity contribution in [2.75, 3.05) is 31.4 Å². The number of halogens is 1. The molecule has 1 aromatic rings. The van der Waals surface area contributed by atoms with Crippen LogP contribution in [0.3, 0.4) is 0 Å². The lowest BCUT2D eigenvalue weighted by Gasteiger charge is -2.33. The average molecular weight is 310 g/mol. The number of hydrogen-bond donors (Lipinski definition) is 0. The molecule has 0 aromatic carbocycles. The number of piperazine rings is 1. The lowest BCUT2D eigenvalue weighted by Crippen LogP contribution is -2.48. The quantitative estimate of drug-likeness (QED) is 0.782. The van der Waals surface area contributed by atoms with Crippen LogP contribution in [0.5, 0.6) is 0 Å². The number of aryl methyl sites for hydroxylation is 1. The molecule has 1 aliphatic heterocycles. The van der Waals surface area contributed by atoms with E-state index >= 15 is 0 Å². The highest BCUT2D eigenvalue weighted by Gasteiger charge is 2.26. The minimum Gasteiger partial charge on any atom is -0.295 e. The van der Waals surface area contributed by atoms with Crippen molar-refractivity contribution < 1.29 is 8.42 Å². The molecular formula is C10H16ClN3O2S2. The van der Waals surface area contributed by atoms with E-state index in [0.717, 1.165) is 30.3 Å². The molecule has 0 bridgehead atoms. The first-order chi connectivity index (χ1) is 8.51. The van der Waals surface area contributed by atoms with Crippen LogP contribution in [0.15, 0.2) is 5.38 Å². The first kappa shape index (κ1) is 14.2. The smallest absolute Gasteiger partial charge is 0.228 e. The molecule has 0 atom stereocenters. The second kappa shape index (κ2) is 5.83. The molecule has 102 valence electrons. The van der Waals surface area contributed by atoms with Gasteiger partial charge >= 0.3 is 0 Å². The normalized spacial score (nSPS) is 19.2. The van der Waals surface area contributed by atoms with E-state index in [0.29, 0.717) is 13.1 Å². The van der Waals surface area contributed by atoms with Crippen molar-refractivity contribution in [3.63, 3.8) is 0 Å². The number of nitrogens with zero attached hydrogens (tertiary/aromatic N) is 3. The molecule has 0 saturated carbocycles. The first-order valence-electron chi connectivity index (χ1n) is 5.68. The van der Waals surface area contributed by atoms with Crippen molar-refractivity contribution >= 4 is 33.0 Å². The van der Waals surface area contributed by atoms with Gasteiger partial charge in [-0.1, -0.05) is 0 Å². The Hall–Kier alpha value is -0.210. The molecule has 18 heavy (non-hydrogen) atoms. The predicted molar refractivity (Wildman–Crippen MR) is 73.3 cm³/mol. The van der Waals surface area contributed by atoms with Gasteiger partial charge in [0.05, 0.1) is 10.7 Å². The Labute approximate surface area is 116 Å². The van der Waals surface area contributed by atoms with Crippen molar-refractivity contribution in [1.82, 2.24) is 14.2 Å². The molecule has 0 aliphatic carbocycles. The number of alkyl halides is 1. The average Bonchev–Trinajstić information content (AvgIpc) is 2.75. The van der Waals surface area contributed by atoms with Gasteiger partial charge in [0.2, 0.25) is 10.0 Å². The van der Waals surface area contributed by atoms with Gasteiger partial charge in [0.25, 0.3) is 0 Å². The molecule has 1 aliphatic rings. The molecule has 0 radical (unpaired) electrons. The van der Waals surface area contributed by atoms with Crippen LogP contribution in [0, 0.1) is 6.92 Å². The summed E-state index contributed by atoms with van der Waals surface area (Å²) in [6.07, 6.45) is 0. The standard InChI is InChI=1S/C10H16ClN3O2S2/c1-9-12-10(7-17-9)6-13-2-4-14(5-3-13)18(15,16)8-11/h7H,2-6,8H2,1H3. The van der Waals surface area contributed by atoms with Gasteiger partial charge in [-0.05, 0) is 6.92 Å². The van der Waals surface area contributed by atoms with Gasteiger partial charge in [0, 0.05) is 38.1 Å². The van der Waals surface area contributed by atoms with Gasteiger partial charge < -0.3 is 0 Å². The molecule has 8 heteroatoms. The molecule has 1 aromatic heterocycles. The van der Waals surface area contributed by atoms with E-state index in [1.54, 1.807) is 11.3 Å². The Morgan fingerprint density at radius 1 is 1.39 bits per heavy atom. The summed E-state index contributed by atoms with van der Waals surface area (Å²) in [4.78, 5) is 6.63. The summed E-state index contributed by atoms with van der Waals surface area (Å²) in [5, 5.41) is 2.78. The number of sulfonamides is 1. The Morgan fingerprint density at radius 3 is 2.56 bits per heavy atom. The van der Waals surface area contributed by atoms with E-state index in [4.69, 9.17) is 11.6 Å². The third kappa shape index (κ3) is 3.42. The van der Waals surface area contributed by atoms with Gasteiger partial charge in [0.15, 0.2) is 0 Å². The minimum absolute atomic E-state index is 0.335. The molecule has 5 nitrogen and oxygen atoms in total. The van der Waals surface area contributed by atoms with Crippen LogP contribution in [0.4, 0.5) is 0 Å². The summed E-state index contributed by atoms with van der Waals surface area (Å²) in [5.74, 6) is 0. The van der Waals surface area contributed by atoms with Gasteiger partial charge in [-0.3, -0.25) is 4.90 Å². The number of hydrogen-bond acceptors (Lipinski definition) is 5. The molecule has 0 N–H and O–H groups in total. The fourth-order valence-corrected chi connectivity index (χ4v) is 3.82. The molecule has 1 saturated heterocycles. The maximum atomic E-state index is 11.6. The summed E-state index contributed by atoms with van der Waals surface area (Å²) in [5.41, 5.74) is 1.06. The van der Waals surface area contributed by atoms with Gasteiger partial charge in [0.1, 0.15) is 5.21 Å². The van der Waals surface area contributed by atoms with Crippen molar-refractivity contribution in [3.8, 4) is 0 Å². The maximum Gasteiger partial charge on any atom is 0.228 e. The second-order valence-corrected chi connectivity index (χ2v) is 7.87. The second-order valence-electron chi connectivity index (χ2n) is 4.25. The van der Waals surface area contributed by atoms with Crippen LogP contribution in [0.2, 0.25) is 0 Å². The van der Waals surface area contributed by atoms with Crippen LogP contribution >= 0.6 is 22.9 Å². The molecule has 2 heterocycles. The van der Waals surface area contributed by atoms with Crippen molar-refractivity contribution in [2.24, 2.45) is 0 Å². The van der Waals surface area contributed by atoms with Crippen molar-refractivity contribution in [2.45, 2.75) is 13.5 Å². The van der Waals surface area contributed by atoms with E-state index < -0.39 is 10.0 Å². The van der Waals surface area contributed by atoms with E-state index in [-0.39, 0.29) is 5.21 Å². The van der Waals surface area contributed by atoms with E-state index in [1.807, 2.05) is 6.92 Å². The molecular weight excluding hydrogens is 294 g/mol. The molecule has 1 fully saturated rings. The zero-order chi connectivity index (χ0) is 13.2. The van der Waals surface area contributed by atoms with Crippen molar-refractivity contribution in [1.29, 1.82) is 0 Å². The molecule has 0 spiro atoms. The number of aromatic nitrogens is 1. The van der Waals surface area contributed by atoms with Crippen LogP contribution in [-0.2, 0) is 16.6 Å². The lowest BCUT2D eigenvalue weighted by molar-refractivity contribution is 0.180. The Kier molecular flexibility index (Phi) is 4.60. The number of rotatable bonds is 4. The van der Waals surface area contributed by atoms with E-state index in [2.05, 4.69) is 15.3 Å². The highest BCUT2D eigenvalue weighted by molar-refractivity contribution is 7.90. The topological polar surface area (TPSA) is 53.5 Å². The fourth-order valence-electron chi connectivity index (χ4n) is 1.94. The third-order valence-electron chi connectivity index (χ3n) is 2.91. The van der Waals surface area contributed by atoms with Crippen LogP contribution in [0.25, 0.3) is 0 Å². The van der Waals surface area contributed by atoms with Crippen LogP contribution in [-0.4, -0.2) is 54.0 Å². The van der Waals surface area contributed by atoms with Crippen LogP contribution < -0.4 is 0 Å². The Balaban J connectivity index is 1.87. The molecule has 0 amide bonds. The highest BCUT2D eigenvalue weighted by Crippen LogP contribution is 2.14. The van der Waals surface area contributed by atoms with Gasteiger partial charge in [-0.25, -0.2) is 13.4 Å². The Bertz CT molecular complexity index is 495. The summed E-state index contributed by atoms with van der Waals surface area (Å²) in [7, 11) is -3.25.